The lowest BCUT2D eigenvalue weighted by Gasteiger charge is -2.19. The Morgan fingerprint density at radius 3 is 1.67 bits per heavy atom. The van der Waals surface area contributed by atoms with Crippen LogP contribution in [0.4, 0.5) is 0 Å². The zero-order chi connectivity index (χ0) is 33.2. The van der Waals surface area contributed by atoms with Crippen molar-refractivity contribution in [2.45, 2.75) is 194 Å². The molecule has 6 heteroatoms. The molecule has 0 aromatic carbocycles. The first kappa shape index (κ1) is 43.9. The first-order chi connectivity index (χ1) is 22.0. The summed E-state index contributed by atoms with van der Waals surface area (Å²) in [5.41, 5.74) is 0. The van der Waals surface area contributed by atoms with Gasteiger partial charge in [-0.3, -0.25) is 4.79 Å². The van der Waals surface area contributed by atoms with Gasteiger partial charge in [0.15, 0.2) is 0 Å². The lowest BCUT2D eigenvalue weighted by Crippen LogP contribution is -2.26. The smallest absolute Gasteiger partial charge is 0.332 e. The molecule has 0 rings (SSSR count). The van der Waals surface area contributed by atoms with Crippen LogP contribution in [0.15, 0.2) is 0 Å². The van der Waals surface area contributed by atoms with Gasteiger partial charge in [0, 0.05) is 13.0 Å². The van der Waals surface area contributed by atoms with Crippen LogP contribution >= 0.6 is 0 Å². The number of unbranched alkanes of at least 4 members (excludes halogenated alkanes) is 15. The fourth-order valence-corrected chi connectivity index (χ4v) is 5.98. The number of carbonyl (C=O) groups is 2. The molecule has 0 saturated heterocycles. The van der Waals surface area contributed by atoms with Crippen molar-refractivity contribution in [1.29, 1.82) is 0 Å². The summed E-state index contributed by atoms with van der Waals surface area (Å²) in [5.74, 6) is 0.294. The van der Waals surface area contributed by atoms with Crippen molar-refractivity contribution >= 4 is 11.9 Å². The Morgan fingerprint density at radius 1 is 0.556 bits per heavy atom. The maximum absolute atomic E-state index is 12.5. The van der Waals surface area contributed by atoms with E-state index < -0.39 is 0 Å². The van der Waals surface area contributed by atoms with E-state index in [1.54, 1.807) is 0 Å². The summed E-state index contributed by atoms with van der Waals surface area (Å²) in [7, 11) is 2.08. The van der Waals surface area contributed by atoms with Gasteiger partial charge in [-0.15, -0.1) is 0 Å². The summed E-state index contributed by atoms with van der Waals surface area (Å²) in [6.45, 7) is 12.0. The molecular weight excluding hydrogens is 562 g/mol. The van der Waals surface area contributed by atoms with Crippen LogP contribution in [0.1, 0.15) is 188 Å². The molecule has 0 aromatic heterocycles. The molecule has 0 bridgehead atoms. The van der Waals surface area contributed by atoms with Gasteiger partial charge in [-0.1, -0.05) is 130 Å². The molecule has 2 unspecified atom stereocenters. The normalized spacial score (nSPS) is 12.8. The molecule has 2 atom stereocenters. The molecule has 0 N–H and O–H groups in total. The highest BCUT2D eigenvalue weighted by Crippen LogP contribution is 2.20. The molecule has 268 valence electrons. The number of hydrogen-bond donors (Lipinski definition) is 0. The maximum Gasteiger partial charge on any atom is 0.332 e. The van der Waals surface area contributed by atoms with E-state index in [4.69, 9.17) is 14.2 Å². The number of esters is 2. The van der Waals surface area contributed by atoms with E-state index >= 15 is 0 Å². The fraction of sp³-hybridized carbons (Fsp3) is 0.949. The van der Waals surface area contributed by atoms with Crippen molar-refractivity contribution in [2.24, 2.45) is 5.92 Å². The van der Waals surface area contributed by atoms with Crippen LogP contribution in [-0.2, 0) is 23.8 Å². The average Bonchev–Trinajstić information content (AvgIpc) is 3.03. The number of likely N-dealkylation sites (N-methyl/N-ethyl adjacent to an activating group) is 1. The zero-order valence-electron chi connectivity index (χ0n) is 30.9. The molecule has 0 radical (unpaired) electrons. The van der Waals surface area contributed by atoms with Gasteiger partial charge in [0.05, 0.1) is 13.2 Å². The SMILES string of the molecule is CCCCCCCCCC(CCCCCCCCC(=O)OCC(CCCC)CCCCCC)OC(=O)COCCN(C)CCC. The quantitative estimate of drug-likeness (QED) is 0.0508. The lowest BCUT2D eigenvalue weighted by molar-refractivity contribution is -0.155. The van der Waals surface area contributed by atoms with Crippen molar-refractivity contribution in [2.75, 3.05) is 40.0 Å². The maximum atomic E-state index is 12.5. The van der Waals surface area contributed by atoms with Crippen molar-refractivity contribution in [3.05, 3.63) is 0 Å². The van der Waals surface area contributed by atoms with Crippen LogP contribution in [0.5, 0.6) is 0 Å². The minimum absolute atomic E-state index is 0.00192. The third kappa shape index (κ3) is 31.2. The van der Waals surface area contributed by atoms with Gasteiger partial charge in [-0.25, -0.2) is 4.79 Å². The molecule has 0 aromatic rings. The molecule has 0 spiro atoms. The summed E-state index contributed by atoms with van der Waals surface area (Å²) >= 11 is 0. The summed E-state index contributed by atoms with van der Waals surface area (Å²) in [4.78, 5) is 27.1. The number of rotatable bonds is 35. The topological polar surface area (TPSA) is 65.1 Å². The Kier molecular flexibility index (Phi) is 33.3. The summed E-state index contributed by atoms with van der Waals surface area (Å²) in [6, 6.07) is 0. The van der Waals surface area contributed by atoms with Crippen LogP contribution in [0.3, 0.4) is 0 Å². The molecule has 45 heavy (non-hydrogen) atoms. The van der Waals surface area contributed by atoms with Crippen LogP contribution in [0.25, 0.3) is 0 Å². The monoisotopic (exact) mass is 640 g/mol. The number of nitrogens with zero attached hydrogens (tertiary/aromatic N) is 1. The Hall–Kier alpha value is -1.14. The highest BCUT2D eigenvalue weighted by atomic mass is 16.6. The lowest BCUT2D eigenvalue weighted by atomic mass is 9.96. The number of hydrogen-bond acceptors (Lipinski definition) is 6. The molecule has 0 heterocycles. The van der Waals surface area contributed by atoms with Crippen LogP contribution in [0, 0.1) is 5.92 Å². The highest BCUT2D eigenvalue weighted by Gasteiger charge is 2.15. The van der Waals surface area contributed by atoms with Gasteiger partial charge in [0.25, 0.3) is 0 Å². The van der Waals surface area contributed by atoms with Gasteiger partial charge >= 0.3 is 11.9 Å². The zero-order valence-corrected chi connectivity index (χ0v) is 30.9. The van der Waals surface area contributed by atoms with Gasteiger partial charge in [0.2, 0.25) is 0 Å². The Labute approximate surface area is 280 Å². The van der Waals surface area contributed by atoms with E-state index in [0.29, 0.717) is 25.6 Å². The molecule has 0 fully saturated rings. The highest BCUT2D eigenvalue weighted by molar-refractivity contribution is 5.70. The van der Waals surface area contributed by atoms with Crippen LogP contribution in [0.2, 0.25) is 0 Å². The minimum atomic E-state index is -0.221. The molecule has 0 aliphatic carbocycles. The standard InChI is InChI=1S/C39H77NO5/c1-6-10-13-15-16-19-23-28-37(45-39(42)35-43-33-32-40(5)31-9-4)29-24-20-17-18-21-25-30-38(41)44-34-36(26-12-8-3)27-22-14-11-7-2/h36-37H,6-35H2,1-5H3. The second kappa shape index (κ2) is 34.2. The second-order valence-electron chi connectivity index (χ2n) is 13.6. The second-order valence-corrected chi connectivity index (χ2v) is 13.6. The first-order valence-corrected chi connectivity index (χ1v) is 19.6. The van der Waals surface area contributed by atoms with Gasteiger partial charge in [-0.2, -0.15) is 0 Å². The summed E-state index contributed by atoms with van der Waals surface area (Å²) in [5, 5.41) is 0. The predicted octanol–water partition coefficient (Wildman–Crippen LogP) is 10.8. The third-order valence-corrected chi connectivity index (χ3v) is 8.94. The Balaban J connectivity index is 4.21. The van der Waals surface area contributed by atoms with E-state index in [0.717, 1.165) is 70.9 Å². The minimum Gasteiger partial charge on any atom is -0.465 e. The van der Waals surface area contributed by atoms with Crippen LogP contribution in [-0.4, -0.2) is 62.9 Å². The van der Waals surface area contributed by atoms with Crippen molar-refractivity contribution < 1.29 is 23.8 Å². The van der Waals surface area contributed by atoms with Crippen molar-refractivity contribution in [1.82, 2.24) is 4.90 Å². The first-order valence-electron chi connectivity index (χ1n) is 19.6. The average molecular weight is 640 g/mol. The van der Waals surface area contributed by atoms with Gasteiger partial charge < -0.3 is 19.1 Å². The molecule has 0 saturated carbocycles. The van der Waals surface area contributed by atoms with E-state index in [1.807, 2.05) is 0 Å². The third-order valence-electron chi connectivity index (χ3n) is 8.94. The molecule has 0 aliphatic rings. The summed E-state index contributed by atoms with van der Waals surface area (Å²) in [6.07, 6.45) is 28.9. The number of ether oxygens (including phenoxy) is 3. The van der Waals surface area contributed by atoms with E-state index in [2.05, 4.69) is 39.6 Å². The molecule has 0 amide bonds. The van der Waals surface area contributed by atoms with Gasteiger partial charge in [0.1, 0.15) is 12.7 Å². The predicted molar refractivity (Wildman–Crippen MR) is 191 cm³/mol. The van der Waals surface area contributed by atoms with Crippen molar-refractivity contribution in [3.63, 3.8) is 0 Å². The van der Waals surface area contributed by atoms with Crippen LogP contribution < -0.4 is 0 Å². The molecule has 6 nitrogen and oxygen atoms in total. The largest absolute Gasteiger partial charge is 0.465 e. The Bertz CT molecular complexity index is 643. The summed E-state index contributed by atoms with van der Waals surface area (Å²) < 4.78 is 17.2. The van der Waals surface area contributed by atoms with E-state index in [9.17, 15) is 9.59 Å². The van der Waals surface area contributed by atoms with E-state index in [-0.39, 0.29) is 24.6 Å². The van der Waals surface area contributed by atoms with Crippen molar-refractivity contribution in [3.8, 4) is 0 Å². The number of carbonyl (C=O) groups excluding carboxylic acids is 2. The molecular formula is C39H77NO5. The van der Waals surface area contributed by atoms with E-state index in [1.165, 1.54) is 96.3 Å². The van der Waals surface area contributed by atoms with Gasteiger partial charge in [-0.05, 0) is 70.9 Å². The molecule has 0 aliphatic heterocycles. The Morgan fingerprint density at radius 2 is 1.07 bits per heavy atom. The fourth-order valence-electron chi connectivity index (χ4n) is 5.98.